The summed E-state index contributed by atoms with van der Waals surface area (Å²) in [6, 6.07) is 16.4. The first kappa shape index (κ1) is 22.9. The van der Waals surface area contributed by atoms with Gasteiger partial charge < -0.3 is 5.11 Å². The molecule has 1 fully saturated rings. The molecule has 31 heavy (non-hydrogen) atoms. The fourth-order valence-electron chi connectivity index (χ4n) is 4.19. The third kappa shape index (κ3) is 4.78. The number of hydrogen-bond acceptors (Lipinski definition) is 5. The van der Waals surface area contributed by atoms with Gasteiger partial charge >= 0.3 is 12.0 Å². The number of imide groups is 1. The smallest absolute Gasteiger partial charge is 0.435 e. The second-order valence-corrected chi connectivity index (χ2v) is 9.25. The molecular weight excluding hydrogens is 414 g/mol. The maximum Gasteiger partial charge on any atom is 0.521 e. The monoisotopic (exact) mass is 440 g/mol. The standard InChI is InChI=1S/C24H25NO5S/c1-16-7-6-14-25(16,24(29)30)22(27)15-21(31-17(2)26)23(28)20-12-10-19(11-13-20)18-8-4-3-5-9-18/h3-5,8-13,16,21H,6-7,14-15H2,1-2H3/p+1/t16-,21?,25?/m1/s1. The molecule has 2 amide bonds. The number of carbonyl (C=O) groups is 4. The van der Waals surface area contributed by atoms with Gasteiger partial charge in [-0.1, -0.05) is 66.4 Å². The van der Waals surface area contributed by atoms with E-state index in [0.717, 1.165) is 22.9 Å². The van der Waals surface area contributed by atoms with Crippen molar-refractivity contribution in [1.29, 1.82) is 0 Å². The van der Waals surface area contributed by atoms with Gasteiger partial charge in [-0.25, -0.2) is 4.79 Å². The van der Waals surface area contributed by atoms with Crippen LogP contribution in [-0.2, 0) is 9.59 Å². The van der Waals surface area contributed by atoms with E-state index in [1.54, 1.807) is 19.1 Å². The average molecular weight is 441 g/mol. The number of carboxylic acid groups (broad SMARTS) is 1. The van der Waals surface area contributed by atoms with Crippen molar-refractivity contribution in [1.82, 2.24) is 0 Å². The molecule has 1 aliphatic rings. The first-order valence-corrected chi connectivity index (χ1v) is 11.1. The normalized spacial score (nSPS) is 21.4. The third-order valence-electron chi connectivity index (χ3n) is 5.91. The summed E-state index contributed by atoms with van der Waals surface area (Å²) in [5.74, 6) is -0.867. The molecule has 3 rings (SSSR count). The zero-order valence-corrected chi connectivity index (χ0v) is 18.4. The van der Waals surface area contributed by atoms with Crippen LogP contribution in [0.2, 0.25) is 0 Å². The Morgan fingerprint density at radius 3 is 2.16 bits per heavy atom. The summed E-state index contributed by atoms with van der Waals surface area (Å²) in [5.41, 5.74) is 2.36. The second-order valence-electron chi connectivity index (χ2n) is 7.87. The van der Waals surface area contributed by atoms with E-state index in [1.165, 1.54) is 6.92 Å². The van der Waals surface area contributed by atoms with Gasteiger partial charge in [-0.05, 0) is 18.1 Å². The van der Waals surface area contributed by atoms with E-state index in [4.69, 9.17) is 0 Å². The SMILES string of the molecule is CC(=O)SC(CC(=O)[N+]1(C(=O)O)CCC[C@H]1C)C(=O)c1ccc(-c2ccccc2)cc1. The van der Waals surface area contributed by atoms with E-state index in [-0.39, 0.29) is 29.9 Å². The molecule has 0 saturated carbocycles. The lowest BCUT2D eigenvalue weighted by Crippen LogP contribution is -2.59. The summed E-state index contributed by atoms with van der Waals surface area (Å²) in [7, 11) is 0. The number of hydrogen-bond donors (Lipinski definition) is 1. The van der Waals surface area contributed by atoms with Gasteiger partial charge in [0.2, 0.25) is 0 Å². The van der Waals surface area contributed by atoms with Crippen molar-refractivity contribution in [3.05, 3.63) is 60.2 Å². The number of carbonyl (C=O) groups excluding carboxylic acids is 3. The molecule has 3 atom stereocenters. The Morgan fingerprint density at radius 2 is 1.65 bits per heavy atom. The maximum atomic E-state index is 13.2. The van der Waals surface area contributed by atoms with Crippen molar-refractivity contribution in [3.63, 3.8) is 0 Å². The molecule has 0 radical (unpaired) electrons. The summed E-state index contributed by atoms with van der Waals surface area (Å²) in [5, 5.41) is 8.55. The average Bonchev–Trinajstić information content (AvgIpc) is 3.15. The van der Waals surface area contributed by atoms with Crippen LogP contribution < -0.4 is 0 Å². The first-order valence-electron chi connectivity index (χ1n) is 10.3. The molecule has 1 saturated heterocycles. The zero-order chi connectivity index (χ0) is 22.6. The minimum absolute atomic E-state index is 0.215. The van der Waals surface area contributed by atoms with Crippen molar-refractivity contribution >= 4 is 34.7 Å². The van der Waals surface area contributed by atoms with Crippen LogP contribution in [0.1, 0.15) is 43.5 Å². The summed E-state index contributed by atoms with van der Waals surface area (Å²) < 4.78 is -0.671. The summed E-state index contributed by atoms with van der Waals surface area (Å²) in [4.78, 5) is 50.0. The molecule has 1 N–H and O–H groups in total. The zero-order valence-electron chi connectivity index (χ0n) is 17.6. The predicted octanol–water partition coefficient (Wildman–Crippen LogP) is 4.78. The topological polar surface area (TPSA) is 88.5 Å². The Balaban J connectivity index is 1.83. The lowest BCUT2D eigenvalue weighted by molar-refractivity contribution is -0.792. The maximum absolute atomic E-state index is 13.2. The van der Waals surface area contributed by atoms with E-state index < -0.39 is 21.7 Å². The van der Waals surface area contributed by atoms with Crippen molar-refractivity contribution in [2.45, 2.75) is 44.4 Å². The molecule has 162 valence electrons. The summed E-state index contributed by atoms with van der Waals surface area (Å²) in [6.45, 7) is 3.30. The lowest BCUT2D eigenvalue weighted by atomic mass is 10.00. The van der Waals surface area contributed by atoms with Crippen LogP contribution in [0.25, 0.3) is 11.1 Å². The largest absolute Gasteiger partial charge is 0.521 e. The molecule has 2 aromatic carbocycles. The number of Topliss-reactive ketones (excluding diaryl/α,β-unsaturated/α-hetero) is 1. The van der Waals surface area contributed by atoms with Crippen molar-refractivity contribution in [2.24, 2.45) is 0 Å². The van der Waals surface area contributed by atoms with Crippen LogP contribution in [0.4, 0.5) is 4.79 Å². The van der Waals surface area contributed by atoms with E-state index in [0.29, 0.717) is 18.4 Å². The molecule has 0 aliphatic carbocycles. The minimum atomic E-state index is -1.19. The number of rotatable bonds is 6. The first-order chi connectivity index (χ1) is 14.8. The van der Waals surface area contributed by atoms with Crippen LogP contribution in [0.15, 0.2) is 54.6 Å². The molecule has 2 aromatic rings. The lowest BCUT2D eigenvalue weighted by Gasteiger charge is -2.30. The summed E-state index contributed by atoms with van der Waals surface area (Å²) in [6.07, 6.45) is -0.211. The van der Waals surface area contributed by atoms with Gasteiger partial charge in [0, 0.05) is 25.3 Å². The minimum Gasteiger partial charge on any atom is -0.435 e. The Labute approximate surface area is 185 Å². The molecule has 0 bridgehead atoms. The van der Waals surface area contributed by atoms with Crippen LogP contribution in [0, 0.1) is 0 Å². The van der Waals surface area contributed by atoms with Crippen LogP contribution in [0.3, 0.4) is 0 Å². The number of likely N-dealkylation sites (tertiary alicyclic amines) is 1. The van der Waals surface area contributed by atoms with Crippen molar-refractivity contribution in [3.8, 4) is 11.1 Å². The molecule has 7 heteroatoms. The van der Waals surface area contributed by atoms with Crippen LogP contribution in [0.5, 0.6) is 0 Å². The Bertz CT molecular complexity index is 989. The number of ketones is 1. The Hall–Kier alpha value is -2.77. The van der Waals surface area contributed by atoms with E-state index in [2.05, 4.69) is 0 Å². The molecular formula is C24H26NO5S+. The molecule has 0 aromatic heterocycles. The quantitative estimate of drug-likeness (QED) is 0.514. The molecule has 1 heterocycles. The number of quaternary nitrogens is 1. The van der Waals surface area contributed by atoms with Gasteiger partial charge in [0.1, 0.15) is 6.04 Å². The van der Waals surface area contributed by atoms with Gasteiger partial charge in [-0.15, -0.1) is 0 Å². The van der Waals surface area contributed by atoms with Gasteiger partial charge in [0.25, 0.3) is 0 Å². The van der Waals surface area contributed by atoms with Gasteiger partial charge in [0.15, 0.2) is 10.9 Å². The van der Waals surface area contributed by atoms with Gasteiger partial charge in [-0.2, -0.15) is 9.28 Å². The highest BCUT2D eigenvalue weighted by Crippen LogP contribution is 2.32. The number of amides is 2. The van der Waals surface area contributed by atoms with E-state index >= 15 is 0 Å². The van der Waals surface area contributed by atoms with Crippen molar-refractivity contribution in [2.75, 3.05) is 6.54 Å². The molecule has 1 aliphatic heterocycles. The highest BCUT2D eigenvalue weighted by Gasteiger charge is 2.53. The number of benzene rings is 2. The molecule has 2 unspecified atom stereocenters. The Kier molecular flexibility index (Phi) is 7.08. The van der Waals surface area contributed by atoms with Gasteiger partial charge in [0.05, 0.1) is 18.2 Å². The Morgan fingerprint density at radius 1 is 1.03 bits per heavy atom. The third-order valence-corrected chi connectivity index (χ3v) is 6.91. The highest BCUT2D eigenvalue weighted by molar-refractivity contribution is 8.14. The van der Waals surface area contributed by atoms with E-state index in [9.17, 15) is 24.3 Å². The second kappa shape index (κ2) is 9.58. The van der Waals surface area contributed by atoms with Crippen molar-refractivity contribution < 1.29 is 28.8 Å². The number of nitrogens with zero attached hydrogens (tertiary/aromatic N) is 1. The summed E-state index contributed by atoms with van der Waals surface area (Å²) >= 11 is 0.790. The fourth-order valence-corrected chi connectivity index (χ4v) is 5.06. The fraction of sp³-hybridized carbons (Fsp3) is 0.333. The van der Waals surface area contributed by atoms with E-state index in [1.807, 2.05) is 42.5 Å². The highest BCUT2D eigenvalue weighted by atomic mass is 32.2. The van der Waals surface area contributed by atoms with Crippen LogP contribution >= 0.6 is 11.8 Å². The van der Waals surface area contributed by atoms with Gasteiger partial charge in [-0.3, -0.25) is 9.59 Å². The van der Waals surface area contributed by atoms with Crippen LogP contribution in [-0.4, -0.2) is 50.3 Å². The number of thioether (sulfide) groups is 1. The molecule has 6 nitrogen and oxygen atoms in total. The molecule has 0 spiro atoms. The predicted molar refractivity (Wildman–Crippen MR) is 120 cm³/mol.